The molecule has 1 aliphatic carbocycles. The average molecular weight is 195 g/mol. The van der Waals surface area contributed by atoms with Gasteiger partial charge in [-0.25, -0.2) is 4.98 Å². The highest BCUT2D eigenvalue weighted by molar-refractivity contribution is 5.27. The summed E-state index contributed by atoms with van der Waals surface area (Å²) in [6.07, 6.45) is 3.85. The number of halogens is 1. The summed E-state index contributed by atoms with van der Waals surface area (Å²) >= 11 is 0. The topological polar surface area (TPSA) is 22.1 Å². The lowest BCUT2D eigenvalue weighted by Gasteiger charge is -2.09. The number of rotatable bonds is 3. The lowest BCUT2D eigenvalue weighted by Crippen LogP contribution is -2.01. The van der Waals surface area contributed by atoms with Crippen LogP contribution in [0.1, 0.15) is 38.2 Å². The van der Waals surface area contributed by atoms with E-state index in [9.17, 15) is 4.39 Å². The van der Waals surface area contributed by atoms with Gasteiger partial charge in [0, 0.05) is 6.20 Å². The standard InChI is InChI=1S/C11H14FNO/c1-7(2)8-5-10(11(12)13-6-8)14-9-3-4-9/h5-7,9H,3-4H2,1-2H3. The van der Waals surface area contributed by atoms with Crippen LogP contribution in [0.4, 0.5) is 4.39 Å². The molecule has 2 rings (SSSR count). The van der Waals surface area contributed by atoms with Gasteiger partial charge in [0.1, 0.15) is 0 Å². The third-order valence-electron chi connectivity index (χ3n) is 2.31. The maximum Gasteiger partial charge on any atom is 0.255 e. The normalized spacial score (nSPS) is 16.0. The second-order valence-electron chi connectivity index (χ2n) is 4.03. The Hall–Kier alpha value is -1.12. The molecule has 14 heavy (non-hydrogen) atoms. The molecule has 0 amide bonds. The maximum absolute atomic E-state index is 13.2. The molecule has 0 bridgehead atoms. The molecular weight excluding hydrogens is 181 g/mol. The second kappa shape index (κ2) is 3.56. The van der Waals surface area contributed by atoms with Crippen molar-refractivity contribution < 1.29 is 9.13 Å². The first-order valence-electron chi connectivity index (χ1n) is 4.99. The van der Waals surface area contributed by atoms with Gasteiger partial charge in [0.2, 0.25) is 0 Å². The monoisotopic (exact) mass is 195 g/mol. The first-order chi connectivity index (χ1) is 6.66. The minimum Gasteiger partial charge on any atom is -0.486 e. The fourth-order valence-electron chi connectivity index (χ4n) is 1.21. The van der Waals surface area contributed by atoms with Crippen LogP contribution in [0.25, 0.3) is 0 Å². The van der Waals surface area contributed by atoms with Crippen LogP contribution in [-0.4, -0.2) is 11.1 Å². The summed E-state index contributed by atoms with van der Waals surface area (Å²) < 4.78 is 18.6. The number of hydrogen-bond acceptors (Lipinski definition) is 2. The minimum atomic E-state index is -0.499. The summed E-state index contributed by atoms with van der Waals surface area (Å²) in [7, 11) is 0. The molecule has 0 N–H and O–H groups in total. The molecular formula is C11H14FNO. The van der Waals surface area contributed by atoms with Crippen LogP contribution in [0.3, 0.4) is 0 Å². The number of ether oxygens (including phenoxy) is 1. The molecule has 0 aromatic carbocycles. The molecule has 2 nitrogen and oxygen atoms in total. The average Bonchev–Trinajstić information content (AvgIpc) is 2.92. The summed E-state index contributed by atoms with van der Waals surface area (Å²) in [5.74, 6) is 0.157. The maximum atomic E-state index is 13.2. The van der Waals surface area contributed by atoms with E-state index < -0.39 is 5.95 Å². The van der Waals surface area contributed by atoms with Gasteiger partial charge in [-0.1, -0.05) is 13.8 Å². The summed E-state index contributed by atoms with van der Waals surface area (Å²) in [5.41, 5.74) is 1.02. The Morgan fingerprint density at radius 3 is 2.79 bits per heavy atom. The van der Waals surface area contributed by atoms with Crippen molar-refractivity contribution >= 4 is 0 Å². The molecule has 0 radical (unpaired) electrons. The number of hydrogen-bond donors (Lipinski definition) is 0. The molecule has 0 saturated heterocycles. The predicted molar refractivity (Wildman–Crippen MR) is 51.9 cm³/mol. The van der Waals surface area contributed by atoms with Crippen molar-refractivity contribution in [1.82, 2.24) is 4.98 Å². The quantitative estimate of drug-likeness (QED) is 0.692. The van der Waals surface area contributed by atoms with E-state index in [4.69, 9.17) is 4.74 Å². The van der Waals surface area contributed by atoms with Gasteiger partial charge in [-0.05, 0) is 30.4 Å². The highest BCUT2D eigenvalue weighted by Crippen LogP contribution is 2.29. The Morgan fingerprint density at radius 2 is 2.21 bits per heavy atom. The van der Waals surface area contributed by atoms with E-state index in [1.807, 2.05) is 0 Å². The van der Waals surface area contributed by atoms with E-state index in [1.165, 1.54) is 0 Å². The van der Waals surface area contributed by atoms with Gasteiger partial charge in [-0.15, -0.1) is 0 Å². The SMILES string of the molecule is CC(C)c1cnc(F)c(OC2CC2)c1. The molecule has 1 saturated carbocycles. The van der Waals surface area contributed by atoms with Crippen molar-refractivity contribution in [1.29, 1.82) is 0 Å². The molecule has 0 aliphatic heterocycles. The van der Waals surface area contributed by atoms with Crippen LogP contribution in [0.5, 0.6) is 5.75 Å². The first-order valence-corrected chi connectivity index (χ1v) is 4.99. The van der Waals surface area contributed by atoms with Gasteiger partial charge in [-0.2, -0.15) is 4.39 Å². The van der Waals surface area contributed by atoms with Crippen molar-refractivity contribution in [3.05, 3.63) is 23.8 Å². The van der Waals surface area contributed by atoms with Crippen molar-refractivity contribution in [2.24, 2.45) is 0 Å². The van der Waals surface area contributed by atoms with E-state index in [2.05, 4.69) is 18.8 Å². The van der Waals surface area contributed by atoms with Crippen LogP contribution in [-0.2, 0) is 0 Å². The summed E-state index contributed by atoms with van der Waals surface area (Å²) in [6, 6.07) is 1.76. The summed E-state index contributed by atoms with van der Waals surface area (Å²) in [6.45, 7) is 4.10. The van der Waals surface area contributed by atoms with E-state index in [-0.39, 0.29) is 6.10 Å². The summed E-state index contributed by atoms with van der Waals surface area (Å²) in [5, 5.41) is 0. The van der Waals surface area contributed by atoms with Crippen LogP contribution < -0.4 is 4.74 Å². The minimum absolute atomic E-state index is 0.216. The van der Waals surface area contributed by atoms with Crippen molar-refractivity contribution in [3.63, 3.8) is 0 Å². The van der Waals surface area contributed by atoms with Gasteiger partial charge < -0.3 is 4.74 Å². The zero-order chi connectivity index (χ0) is 10.1. The zero-order valence-electron chi connectivity index (χ0n) is 8.46. The third kappa shape index (κ3) is 2.03. The smallest absolute Gasteiger partial charge is 0.255 e. The van der Waals surface area contributed by atoms with Crippen LogP contribution in [0.15, 0.2) is 12.3 Å². The van der Waals surface area contributed by atoms with Crippen LogP contribution >= 0.6 is 0 Å². The molecule has 0 spiro atoms. The Bertz CT molecular complexity index is 334. The molecule has 1 fully saturated rings. The van der Waals surface area contributed by atoms with Gasteiger partial charge in [0.25, 0.3) is 5.95 Å². The first kappa shape index (κ1) is 9.44. The number of aromatic nitrogens is 1. The molecule has 1 heterocycles. The highest BCUT2D eigenvalue weighted by atomic mass is 19.1. The number of pyridine rings is 1. The van der Waals surface area contributed by atoms with Gasteiger partial charge in [-0.3, -0.25) is 0 Å². The van der Waals surface area contributed by atoms with E-state index in [0.717, 1.165) is 18.4 Å². The Balaban J connectivity index is 2.21. The fourth-order valence-corrected chi connectivity index (χ4v) is 1.21. The van der Waals surface area contributed by atoms with E-state index in [0.29, 0.717) is 11.7 Å². The predicted octanol–water partition coefficient (Wildman–Crippen LogP) is 2.89. The van der Waals surface area contributed by atoms with Gasteiger partial charge >= 0.3 is 0 Å². The number of nitrogens with zero attached hydrogens (tertiary/aromatic N) is 1. The third-order valence-corrected chi connectivity index (χ3v) is 2.31. The Kier molecular flexibility index (Phi) is 2.40. The molecule has 0 atom stereocenters. The van der Waals surface area contributed by atoms with E-state index >= 15 is 0 Å². The second-order valence-corrected chi connectivity index (χ2v) is 4.03. The fraction of sp³-hybridized carbons (Fsp3) is 0.545. The molecule has 3 heteroatoms. The van der Waals surface area contributed by atoms with Crippen molar-refractivity contribution in [2.45, 2.75) is 38.7 Å². The lowest BCUT2D eigenvalue weighted by atomic mass is 10.1. The molecule has 1 aromatic heterocycles. The Labute approximate surface area is 83.1 Å². The summed E-state index contributed by atoms with van der Waals surface area (Å²) in [4.78, 5) is 3.69. The highest BCUT2D eigenvalue weighted by Gasteiger charge is 2.25. The van der Waals surface area contributed by atoms with Crippen LogP contribution in [0.2, 0.25) is 0 Å². The molecule has 0 unspecified atom stereocenters. The Morgan fingerprint density at radius 1 is 1.50 bits per heavy atom. The van der Waals surface area contributed by atoms with Crippen molar-refractivity contribution in [2.75, 3.05) is 0 Å². The van der Waals surface area contributed by atoms with Crippen LogP contribution in [0, 0.1) is 5.95 Å². The zero-order valence-corrected chi connectivity index (χ0v) is 8.46. The van der Waals surface area contributed by atoms with Crippen molar-refractivity contribution in [3.8, 4) is 5.75 Å². The molecule has 1 aliphatic rings. The van der Waals surface area contributed by atoms with Gasteiger partial charge in [0.15, 0.2) is 5.75 Å². The van der Waals surface area contributed by atoms with Gasteiger partial charge in [0.05, 0.1) is 6.10 Å². The molecule has 1 aromatic rings. The molecule has 76 valence electrons. The lowest BCUT2D eigenvalue weighted by molar-refractivity contribution is 0.282. The largest absolute Gasteiger partial charge is 0.486 e. The van der Waals surface area contributed by atoms with E-state index in [1.54, 1.807) is 12.3 Å².